The fourth-order valence-corrected chi connectivity index (χ4v) is 19.7. The minimum atomic E-state index is -0.479. The molecule has 0 spiro atoms. The van der Waals surface area contributed by atoms with Crippen molar-refractivity contribution < 1.29 is 33.5 Å². The molecule has 4 unspecified atom stereocenters. The van der Waals surface area contributed by atoms with Gasteiger partial charge in [0.15, 0.2) is 0 Å². The quantitative estimate of drug-likeness (QED) is 0.0269. The van der Waals surface area contributed by atoms with E-state index >= 15 is 0 Å². The standard InChI is InChI=1S/C116H231N9O7/c1-10-16-21-25-43-62-84-107(85-63-44-26-22-17-11-2)122-113(129)92-69-50-39-55-77-102-125(104-96-117)103-78-57-71-90-111(127)120-100-75-53-36-42-60-82-105(79-15-6)81-59-41-33-34-47-65-87-108(86-64-45-27-23-18-12-3)123-112(128)91-67-48-37-51-72-97-118-98-73-56-70-89-110(126)119-99-74-52-35-31-29-30-32-40-61-83-106(80-58-20-14-5)94-95-109(88-66-46-28-24-19-13-4)124-114(130)93-68-49-38-54-76-101-121-115(131)132-116(7,8)9/h105-109,118H,10-104,117H2,1-9H3,(H,119,126)(H,120,127)(H,121,131)(H,122,129)(H,123,128)(H,124,130). The average Bonchev–Trinajstić information content (AvgIpc) is 0.941. The van der Waals surface area contributed by atoms with E-state index < -0.39 is 5.60 Å². The zero-order valence-electron chi connectivity index (χ0n) is 89.9. The summed E-state index contributed by atoms with van der Waals surface area (Å²) < 4.78 is 5.34. The molecule has 9 N–H and O–H groups in total. The number of hydrogen-bond donors (Lipinski definition) is 8. The normalized spacial score (nSPS) is 12.7. The Kier molecular flexibility index (Phi) is 99.2. The third-order valence-electron chi connectivity index (χ3n) is 28.2. The van der Waals surface area contributed by atoms with Crippen LogP contribution in [0.3, 0.4) is 0 Å². The Balaban J connectivity index is 4.23. The van der Waals surface area contributed by atoms with E-state index in [-0.39, 0.29) is 35.6 Å². The van der Waals surface area contributed by atoms with Crippen molar-refractivity contribution in [3.8, 4) is 0 Å². The number of amides is 6. The third kappa shape index (κ3) is 96.8. The fraction of sp³-hybridized carbons (Fsp3) is 0.948. The molecule has 0 bridgehead atoms. The Morgan fingerprint density at radius 2 is 0.470 bits per heavy atom. The van der Waals surface area contributed by atoms with Crippen LogP contribution in [0.1, 0.15) is 615 Å². The number of carbonyl (C=O) groups is 6. The predicted molar refractivity (Wildman–Crippen MR) is 572 cm³/mol. The lowest BCUT2D eigenvalue weighted by Crippen LogP contribution is -2.35. The number of carbonyl (C=O) groups excluding carboxylic acids is 6. The van der Waals surface area contributed by atoms with Crippen LogP contribution >= 0.6 is 0 Å². The van der Waals surface area contributed by atoms with E-state index in [9.17, 15) is 28.8 Å². The molecule has 132 heavy (non-hydrogen) atoms. The molecule has 4 atom stereocenters. The first-order valence-corrected chi connectivity index (χ1v) is 59.0. The lowest BCUT2D eigenvalue weighted by Gasteiger charge is -2.23. The summed E-state index contributed by atoms with van der Waals surface area (Å²) in [6, 6.07) is 0.987. The monoisotopic (exact) mass is 1860 g/mol. The van der Waals surface area contributed by atoms with Gasteiger partial charge in [-0.25, -0.2) is 4.79 Å². The summed E-state index contributed by atoms with van der Waals surface area (Å²) in [5.74, 6) is 2.85. The SMILES string of the molecule is CCCCCCCCC(CCCCCCCC)NC(=O)CCCCCCCN(CCN)CCCCCC(=O)NCCCCCCCC(CCC)CCCCCCCCC(CCCCCCCC)NC(=O)CCCCCCCNCCCCCC(=O)NCCCCCCCCCCCC(CCCCC)CCC(CCCCCCCC)NC(=O)CCCCCCCNC(=O)OC(C)(C)C. The maximum Gasteiger partial charge on any atom is 0.407 e. The van der Waals surface area contributed by atoms with Gasteiger partial charge in [-0.05, 0) is 181 Å². The van der Waals surface area contributed by atoms with Crippen molar-refractivity contribution in [2.75, 3.05) is 58.9 Å². The Morgan fingerprint density at radius 1 is 0.235 bits per heavy atom. The first kappa shape index (κ1) is 128. The predicted octanol–water partition coefficient (Wildman–Crippen LogP) is 31.9. The summed E-state index contributed by atoms with van der Waals surface area (Å²) in [5, 5.41) is 23.4. The van der Waals surface area contributed by atoms with Gasteiger partial charge >= 0.3 is 6.09 Å². The molecule has 0 rings (SSSR count). The molecule has 0 aromatic carbocycles. The number of nitrogens with two attached hydrogens (primary N) is 1. The van der Waals surface area contributed by atoms with Crippen molar-refractivity contribution in [3.05, 3.63) is 0 Å². The number of alkyl carbamates (subject to hydrolysis) is 1. The van der Waals surface area contributed by atoms with Crippen LogP contribution in [0.4, 0.5) is 4.79 Å². The van der Waals surface area contributed by atoms with Crippen molar-refractivity contribution in [1.29, 1.82) is 0 Å². The number of rotatable bonds is 107. The highest BCUT2D eigenvalue weighted by molar-refractivity contribution is 5.77. The van der Waals surface area contributed by atoms with E-state index in [0.717, 1.165) is 205 Å². The lowest BCUT2D eigenvalue weighted by atomic mass is 9.88. The first-order chi connectivity index (χ1) is 64.5. The van der Waals surface area contributed by atoms with Gasteiger partial charge in [0.05, 0.1) is 0 Å². The van der Waals surface area contributed by atoms with Crippen LogP contribution in [0.2, 0.25) is 0 Å². The summed E-state index contributed by atoms with van der Waals surface area (Å²) in [5.41, 5.74) is 5.55. The van der Waals surface area contributed by atoms with Crippen molar-refractivity contribution in [3.63, 3.8) is 0 Å². The molecule has 0 saturated carbocycles. The Morgan fingerprint density at radius 3 is 0.788 bits per heavy atom. The van der Waals surface area contributed by atoms with Gasteiger partial charge in [-0.15, -0.1) is 0 Å². The summed E-state index contributed by atoms with van der Waals surface area (Å²) in [4.78, 5) is 79.3. The average molecular weight is 1860 g/mol. The Labute approximate surface area is 821 Å². The number of nitrogens with one attached hydrogen (secondary N) is 7. The second-order valence-corrected chi connectivity index (χ2v) is 42.5. The largest absolute Gasteiger partial charge is 0.444 e. The third-order valence-corrected chi connectivity index (χ3v) is 28.2. The minimum absolute atomic E-state index is 0.216. The molecule has 782 valence electrons. The van der Waals surface area contributed by atoms with Crippen LogP contribution < -0.4 is 43.0 Å². The summed E-state index contributed by atoms with van der Waals surface area (Å²) >= 11 is 0. The maximum absolute atomic E-state index is 13.3. The van der Waals surface area contributed by atoms with Crippen LogP contribution in [-0.4, -0.2) is 123 Å². The smallest absolute Gasteiger partial charge is 0.407 e. The Bertz CT molecular complexity index is 2430. The molecule has 16 heteroatoms. The topological polar surface area (TPSA) is 225 Å². The molecule has 16 nitrogen and oxygen atoms in total. The molecule has 0 aromatic heterocycles. The summed E-state index contributed by atoms with van der Waals surface area (Å²) in [6.07, 6.45) is 102. The number of ether oxygens (including phenoxy) is 1. The van der Waals surface area contributed by atoms with Crippen molar-refractivity contribution in [2.45, 2.75) is 638 Å². The van der Waals surface area contributed by atoms with E-state index in [0.29, 0.717) is 63.3 Å². The van der Waals surface area contributed by atoms with Crippen LogP contribution in [0, 0.1) is 11.8 Å². The molecule has 0 heterocycles. The van der Waals surface area contributed by atoms with Gasteiger partial charge in [0, 0.05) is 83.0 Å². The van der Waals surface area contributed by atoms with Crippen LogP contribution in [0.25, 0.3) is 0 Å². The summed E-state index contributed by atoms with van der Waals surface area (Å²) in [7, 11) is 0. The molecule has 0 aliphatic rings. The van der Waals surface area contributed by atoms with Gasteiger partial charge in [-0.3, -0.25) is 24.0 Å². The van der Waals surface area contributed by atoms with Crippen LogP contribution in [0.5, 0.6) is 0 Å². The minimum Gasteiger partial charge on any atom is -0.444 e. The van der Waals surface area contributed by atoms with Gasteiger partial charge in [0.1, 0.15) is 5.60 Å². The molecular formula is C116H231N9O7. The highest BCUT2D eigenvalue weighted by Gasteiger charge is 2.21. The zero-order chi connectivity index (χ0) is 96.3. The van der Waals surface area contributed by atoms with E-state index in [1.54, 1.807) is 0 Å². The molecule has 0 aliphatic carbocycles. The van der Waals surface area contributed by atoms with Crippen LogP contribution in [-0.2, 0) is 28.7 Å². The maximum atomic E-state index is 13.3. The van der Waals surface area contributed by atoms with E-state index in [1.807, 2.05) is 20.8 Å². The Hall–Kier alpha value is -3.50. The van der Waals surface area contributed by atoms with Gasteiger partial charge in [0.2, 0.25) is 29.5 Å². The van der Waals surface area contributed by atoms with E-state index in [2.05, 4.69) is 83.7 Å². The molecular weight excluding hydrogens is 1630 g/mol. The number of nitrogens with zero attached hydrogens (tertiary/aromatic N) is 1. The summed E-state index contributed by atoms with van der Waals surface area (Å²) in [6.45, 7) is 27.5. The molecule has 0 aliphatic heterocycles. The van der Waals surface area contributed by atoms with Gasteiger partial charge in [-0.1, -0.05) is 440 Å². The zero-order valence-corrected chi connectivity index (χ0v) is 89.9. The molecule has 6 amide bonds. The second-order valence-electron chi connectivity index (χ2n) is 42.5. The highest BCUT2D eigenvalue weighted by Crippen LogP contribution is 2.28. The number of hydrogen-bond acceptors (Lipinski definition) is 10. The van der Waals surface area contributed by atoms with Gasteiger partial charge in [-0.2, -0.15) is 0 Å². The van der Waals surface area contributed by atoms with E-state index in [1.165, 1.54) is 372 Å². The second kappa shape index (κ2) is 102. The lowest BCUT2D eigenvalue weighted by molar-refractivity contribution is -0.122. The first-order valence-electron chi connectivity index (χ1n) is 59.0. The van der Waals surface area contributed by atoms with E-state index in [4.69, 9.17) is 10.5 Å². The molecule has 0 radical (unpaired) electrons. The van der Waals surface area contributed by atoms with Crippen molar-refractivity contribution in [2.24, 2.45) is 17.6 Å². The number of unbranched alkanes of at least 4 members (excludes halogenated alkanes) is 55. The fourth-order valence-electron chi connectivity index (χ4n) is 19.7. The molecule has 0 fully saturated rings. The van der Waals surface area contributed by atoms with Gasteiger partial charge < -0.3 is 52.6 Å². The molecule has 0 saturated heterocycles. The molecule has 0 aromatic rings. The van der Waals surface area contributed by atoms with Crippen molar-refractivity contribution in [1.82, 2.24) is 42.1 Å². The van der Waals surface area contributed by atoms with Crippen molar-refractivity contribution >= 4 is 35.6 Å². The highest BCUT2D eigenvalue weighted by atomic mass is 16.6. The van der Waals surface area contributed by atoms with Gasteiger partial charge in [0.25, 0.3) is 0 Å². The van der Waals surface area contributed by atoms with Crippen LogP contribution in [0.15, 0.2) is 0 Å².